The van der Waals surface area contributed by atoms with Gasteiger partial charge in [-0.2, -0.15) is 0 Å². The molecule has 1 amide bonds. The van der Waals surface area contributed by atoms with Crippen LogP contribution in [0.25, 0.3) is 0 Å². The van der Waals surface area contributed by atoms with E-state index < -0.39 is 5.82 Å². The zero-order valence-electron chi connectivity index (χ0n) is 11.2. The zero-order chi connectivity index (χ0) is 14.9. The Balaban J connectivity index is 2.14. The fourth-order valence-electron chi connectivity index (χ4n) is 2.40. The first-order valence-corrected chi connectivity index (χ1v) is 7.05. The fraction of sp³-hybridized carbons (Fsp3) is 0.429. The van der Waals surface area contributed by atoms with E-state index in [-0.39, 0.29) is 29.3 Å². The standard InChI is InChI=1S/C14H15BrFNO3/c1-8-6-17(7-10(8)14(19)20-2)13(18)9-3-4-11(15)12(16)5-9/h3-5,8,10H,6-7H2,1-2H3. The average molecular weight is 344 g/mol. The SMILES string of the molecule is COC(=O)C1CN(C(=O)c2ccc(Br)c(F)c2)CC1C. The molecule has 1 aliphatic rings. The summed E-state index contributed by atoms with van der Waals surface area (Å²) in [4.78, 5) is 25.5. The molecule has 20 heavy (non-hydrogen) atoms. The van der Waals surface area contributed by atoms with Gasteiger partial charge in [0.1, 0.15) is 5.82 Å². The summed E-state index contributed by atoms with van der Waals surface area (Å²) in [5.74, 6) is -1.34. The van der Waals surface area contributed by atoms with Crippen LogP contribution in [-0.4, -0.2) is 37.0 Å². The molecule has 0 saturated carbocycles. The molecular formula is C14H15BrFNO3. The molecule has 1 aliphatic heterocycles. The fourth-order valence-corrected chi connectivity index (χ4v) is 2.65. The molecule has 1 heterocycles. The van der Waals surface area contributed by atoms with E-state index >= 15 is 0 Å². The van der Waals surface area contributed by atoms with Gasteiger partial charge >= 0.3 is 5.97 Å². The predicted molar refractivity (Wildman–Crippen MR) is 74.7 cm³/mol. The summed E-state index contributed by atoms with van der Waals surface area (Å²) in [5.41, 5.74) is 0.281. The van der Waals surface area contributed by atoms with Crippen molar-refractivity contribution < 1.29 is 18.7 Å². The summed E-state index contributed by atoms with van der Waals surface area (Å²) in [6.07, 6.45) is 0. The summed E-state index contributed by atoms with van der Waals surface area (Å²) in [6, 6.07) is 4.26. The highest BCUT2D eigenvalue weighted by Crippen LogP contribution is 2.26. The van der Waals surface area contributed by atoms with Gasteiger partial charge in [-0.1, -0.05) is 6.92 Å². The molecule has 0 N–H and O–H groups in total. The number of hydrogen-bond acceptors (Lipinski definition) is 3. The molecule has 1 saturated heterocycles. The molecule has 1 aromatic rings. The molecule has 0 aliphatic carbocycles. The number of carbonyl (C=O) groups excluding carboxylic acids is 2. The van der Waals surface area contributed by atoms with Crippen molar-refractivity contribution in [2.24, 2.45) is 11.8 Å². The van der Waals surface area contributed by atoms with E-state index in [1.165, 1.54) is 19.2 Å². The Morgan fingerprint density at radius 3 is 2.70 bits per heavy atom. The highest BCUT2D eigenvalue weighted by Gasteiger charge is 2.37. The maximum Gasteiger partial charge on any atom is 0.310 e. The van der Waals surface area contributed by atoms with Crippen LogP contribution in [0, 0.1) is 17.7 Å². The quantitative estimate of drug-likeness (QED) is 0.775. The molecule has 0 spiro atoms. The second kappa shape index (κ2) is 5.91. The van der Waals surface area contributed by atoms with Crippen LogP contribution in [0.2, 0.25) is 0 Å². The lowest BCUT2D eigenvalue weighted by atomic mass is 9.99. The molecule has 2 rings (SSSR count). The number of carbonyl (C=O) groups is 2. The molecule has 4 nitrogen and oxygen atoms in total. The van der Waals surface area contributed by atoms with E-state index in [0.29, 0.717) is 17.6 Å². The van der Waals surface area contributed by atoms with Crippen LogP contribution in [0.15, 0.2) is 22.7 Å². The maximum atomic E-state index is 13.5. The largest absolute Gasteiger partial charge is 0.469 e. The number of halogens is 2. The van der Waals surface area contributed by atoms with Crippen molar-refractivity contribution in [3.8, 4) is 0 Å². The summed E-state index contributed by atoms with van der Waals surface area (Å²) >= 11 is 3.05. The minimum atomic E-state index is -0.479. The van der Waals surface area contributed by atoms with Crippen LogP contribution in [-0.2, 0) is 9.53 Å². The summed E-state index contributed by atoms with van der Waals surface area (Å²) < 4.78 is 18.5. The normalized spacial score (nSPS) is 21.9. The molecule has 0 radical (unpaired) electrons. The lowest BCUT2D eigenvalue weighted by molar-refractivity contribution is -0.146. The van der Waals surface area contributed by atoms with Crippen LogP contribution in [0.5, 0.6) is 0 Å². The van der Waals surface area contributed by atoms with E-state index in [0.717, 1.165) is 0 Å². The third-order valence-electron chi connectivity index (χ3n) is 3.57. The number of likely N-dealkylation sites (tertiary alicyclic amines) is 1. The molecule has 0 bridgehead atoms. The molecule has 2 atom stereocenters. The Bertz CT molecular complexity index is 549. The third-order valence-corrected chi connectivity index (χ3v) is 4.21. The minimum Gasteiger partial charge on any atom is -0.469 e. The van der Waals surface area contributed by atoms with Crippen molar-refractivity contribution in [2.75, 3.05) is 20.2 Å². The van der Waals surface area contributed by atoms with Crippen LogP contribution >= 0.6 is 15.9 Å². The van der Waals surface area contributed by atoms with Gasteiger partial charge in [0, 0.05) is 18.7 Å². The van der Waals surface area contributed by atoms with Crippen molar-refractivity contribution in [1.29, 1.82) is 0 Å². The molecule has 108 valence electrons. The topological polar surface area (TPSA) is 46.6 Å². The zero-order valence-corrected chi connectivity index (χ0v) is 12.8. The van der Waals surface area contributed by atoms with Gasteiger partial charge in [-0.3, -0.25) is 9.59 Å². The first-order chi connectivity index (χ1) is 9.43. The number of amides is 1. The summed E-state index contributed by atoms with van der Waals surface area (Å²) in [5, 5.41) is 0. The number of nitrogens with zero attached hydrogens (tertiary/aromatic N) is 1. The smallest absolute Gasteiger partial charge is 0.310 e. The predicted octanol–water partition coefficient (Wildman–Crippen LogP) is 2.47. The van der Waals surface area contributed by atoms with Gasteiger partial charge in [0.25, 0.3) is 5.91 Å². The Morgan fingerprint density at radius 1 is 1.40 bits per heavy atom. The first kappa shape index (κ1) is 15.0. The summed E-state index contributed by atoms with van der Waals surface area (Å²) in [7, 11) is 1.34. The number of ether oxygens (including phenoxy) is 1. The van der Waals surface area contributed by atoms with E-state index in [4.69, 9.17) is 4.74 Å². The van der Waals surface area contributed by atoms with E-state index in [1.807, 2.05) is 6.92 Å². The highest BCUT2D eigenvalue weighted by molar-refractivity contribution is 9.10. The monoisotopic (exact) mass is 343 g/mol. The van der Waals surface area contributed by atoms with Gasteiger partial charge in [-0.15, -0.1) is 0 Å². The Kier molecular flexibility index (Phi) is 4.42. The Morgan fingerprint density at radius 2 is 2.10 bits per heavy atom. The van der Waals surface area contributed by atoms with E-state index in [1.54, 1.807) is 11.0 Å². The number of esters is 1. The van der Waals surface area contributed by atoms with Crippen LogP contribution in [0.3, 0.4) is 0 Å². The van der Waals surface area contributed by atoms with Crippen molar-refractivity contribution in [2.45, 2.75) is 6.92 Å². The lowest BCUT2D eigenvalue weighted by Crippen LogP contribution is -2.30. The molecule has 6 heteroatoms. The second-order valence-electron chi connectivity index (χ2n) is 4.95. The van der Waals surface area contributed by atoms with Crippen LogP contribution in [0.4, 0.5) is 4.39 Å². The van der Waals surface area contributed by atoms with Gasteiger partial charge in [-0.25, -0.2) is 4.39 Å². The van der Waals surface area contributed by atoms with E-state index in [2.05, 4.69) is 15.9 Å². The molecule has 1 fully saturated rings. The van der Waals surface area contributed by atoms with Gasteiger partial charge in [0.05, 0.1) is 17.5 Å². The van der Waals surface area contributed by atoms with Gasteiger partial charge in [-0.05, 0) is 40.0 Å². The van der Waals surface area contributed by atoms with Gasteiger partial charge < -0.3 is 9.64 Å². The molecule has 2 unspecified atom stereocenters. The minimum absolute atomic E-state index is 0.0340. The van der Waals surface area contributed by atoms with Crippen LogP contribution in [0.1, 0.15) is 17.3 Å². The Hall–Kier alpha value is -1.43. The van der Waals surface area contributed by atoms with Crippen LogP contribution < -0.4 is 0 Å². The average Bonchev–Trinajstić information content (AvgIpc) is 2.82. The van der Waals surface area contributed by atoms with Crippen molar-refractivity contribution >= 4 is 27.8 Å². The van der Waals surface area contributed by atoms with E-state index in [9.17, 15) is 14.0 Å². The van der Waals surface area contributed by atoms with Gasteiger partial charge in [0.15, 0.2) is 0 Å². The second-order valence-corrected chi connectivity index (χ2v) is 5.80. The number of rotatable bonds is 2. The number of methoxy groups -OCH3 is 1. The third kappa shape index (κ3) is 2.85. The summed E-state index contributed by atoms with van der Waals surface area (Å²) in [6.45, 7) is 2.68. The van der Waals surface area contributed by atoms with Crippen molar-refractivity contribution in [1.82, 2.24) is 4.90 Å². The van der Waals surface area contributed by atoms with Crippen molar-refractivity contribution in [3.05, 3.63) is 34.1 Å². The number of hydrogen-bond donors (Lipinski definition) is 0. The molecule has 1 aromatic carbocycles. The number of benzene rings is 1. The highest BCUT2D eigenvalue weighted by atomic mass is 79.9. The lowest BCUT2D eigenvalue weighted by Gasteiger charge is -2.16. The van der Waals surface area contributed by atoms with Crippen molar-refractivity contribution in [3.63, 3.8) is 0 Å². The van der Waals surface area contributed by atoms with Gasteiger partial charge in [0.2, 0.25) is 0 Å². The first-order valence-electron chi connectivity index (χ1n) is 6.26. The molecule has 0 aromatic heterocycles. The Labute approximate surface area is 125 Å². The maximum absolute atomic E-state index is 13.5. The molecular weight excluding hydrogens is 329 g/mol.